The van der Waals surface area contributed by atoms with Crippen LogP contribution >= 0.6 is 23.4 Å². The summed E-state index contributed by atoms with van der Waals surface area (Å²) in [6.45, 7) is 9.82. The maximum atomic E-state index is 13.8. The molecule has 0 aliphatic carbocycles. The minimum absolute atomic E-state index is 0.0565. The van der Waals surface area contributed by atoms with E-state index in [2.05, 4.69) is 41.9 Å². The Morgan fingerprint density at radius 2 is 1.74 bits per heavy atom. The number of unbranched alkanes of at least 4 members (excludes halogenated alkanes) is 1. The molecule has 8 heteroatoms. The van der Waals surface area contributed by atoms with Gasteiger partial charge >= 0.3 is 0 Å². The molecule has 34 heavy (non-hydrogen) atoms. The zero-order valence-corrected chi connectivity index (χ0v) is 22.6. The van der Waals surface area contributed by atoms with Crippen LogP contribution in [0.3, 0.4) is 0 Å². The lowest BCUT2D eigenvalue weighted by Crippen LogP contribution is -2.33. The molecule has 0 bridgehead atoms. The number of benzene rings is 2. The number of rotatable bonds is 11. The minimum Gasteiger partial charge on any atom is -0.304 e. The third-order valence-corrected chi connectivity index (χ3v) is 9.13. The van der Waals surface area contributed by atoms with E-state index in [0.717, 1.165) is 48.8 Å². The van der Waals surface area contributed by atoms with Crippen molar-refractivity contribution in [1.82, 2.24) is 9.21 Å². The Labute approximate surface area is 213 Å². The van der Waals surface area contributed by atoms with E-state index in [4.69, 9.17) is 11.6 Å². The van der Waals surface area contributed by atoms with Gasteiger partial charge in [-0.05, 0) is 67.2 Å². The summed E-state index contributed by atoms with van der Waals surface area (Å²) in [4.78, 5) is 6.84. The summed E-state index contributed by atoms with van der Waals surface area (Å²) in [5.41, 5.74) is 0.958. The zero-order valence-electron chi connectivity index (χ0n) is 20.2. The van der Waals surface area contributed by atoms with E-state index >= 15 is 0 Å². The molecule has 2 aromatic carbocycles. The normalized spacial score (nSPS) is 19.8. The van der Waals surface area contributed by atoms with Gasteiger partial charge in [-0.3, -0.25) is 0 Å². The van der Waals surface area contributed by atoms with Crippen molar-refractivity contribution in [2.75, 3.05) is 26.2 Å². The van der Waals surface area contributed by atoms with Gasteiger partial charge in [0.25, 0.3) is 0 Å². The Morgan fingerprint density at radius 1 is 1.03 bits per heavy atom. The molecule has 0 amide bonds. The average molecular weight is 520 g/mol. The molecule has 0 saturated carbocycles. The van der Waals surface area contributed by atoms with Crippen molar-refractivity contribution < 1.29 is 8.42 Å². The van der Waals surface area contributed by atoms with Crippen LogP contribution in [0.25, 0.3) is 10.8 Å². The minimum atomic E-state index is -3.80. The SMILES string of the molecule is CCN(CC)CCCCN(Cc1ccc2ccccc2c1)S(=O)(=O)/C1=C(Cl)/N=C(\C)S/C=C\C1. The van der Waals surface area contributed by atoms with Crippen LogP contribution in [-0.2, 0) is 16.6 Å². The van der Waals surface area contributed by atoms with Gasteiger partial charge in [-0.2, -0.15) is 4.31 Å². The highest BCUT2D eigenvalue weighted by atomic mass is 35.5. The largest absolute Gasteiger partial charge is 0.304 e. The van der Waals surface area contributed by atoms with Crippen molar-refractivity contribution in [3.8, 4) is 0 Å². The Hall–Kier alpha value is -1.64. The van der Waals surface area contributed by atoms with E-state index in [-0.39, 0.29) is 16.5 Å². The van der Waals surface area contributed by atoms with Gasteiger partial charge < -0.3 is 4.90 Å². The molecule has 184 valence electrons. The van der Waals surface area contributed by atoms with Crippen molar-refractivity contribution in [2.45, 2.75) is 46.6 Å². The number of allylic oxidation sites excluding steroid dienone is 2. The monoisotopic (exact) mass is 519 g/mol. The van der Waals surface area contributed by atoms with Gasteiger partial charge in [0, 0.05) is 19.5 Å². The summed E-state index contributed by atoms with van der Waals surface area (Å²) >= 11 is 7.88. The first-order chi connectivity index (χ1) is 16.3. The molecule has 0 fully saturated rings. The Kier molecular flexibility index (Phi) is 10.2. The Balaban J connectivity index is 1.89. The lowest BCUT2D eigenvalue weighted by Gasteiger charge is -2.25. The third kappa shape index (κ3) is 7.18. The summed E-state index contributed by atoms with van der Waals surface area (Å²) in [6, 6.07) is 14.2. The van der Waals surface area contributed by atoms with Gasteiger partial charge in [0.15, 0.2) is 0 Å². The van der Waals surface area contributed by atoms with Crippen LogP contribution in [0.5, 0.6) is 0 Å². The summed E-state index contributed by atoms with van der Waals surface area (Å²) in [5.74, 6) is 0. The number of fused-ring (bicyclic) bond motifs is 1. The van der Waals surface area contributed by atoms with Gasteiger partial charge in [0.05, 0.1) is 5.04 Å². The number of thioether (sulfide) groups is 1. The molecule has 0 saturated heterocycles. The molecule has 0 aromatic heterocycles. The average Bonchev–Trinajstić information content (AvgIpc) is 2.81. The first-order valence-corrected chi connectivity index (χ1v) is 14.5. The molecule has 0 N–H and O–H groups in total. The van der Waals surface area contributed by atoms with Crippen LogP contribution in [0.1, 0.15) is 45.6 Å². The topological polar surface area (TPSA) is 53.0 Å². The van der Waals surface area contributed by atoms with Crippen molar-refractivity contribution in [1.29, 1.82) is 0 Å². The number of aliphatic imine (C=N–C) groups is 1. The van der Waals surface area contributed by atoms with E-state index in [9.17, 15) is 8.42 Å². The Bertz CT molecular complexity index is 1170. The predicted octanol–water partition coefficient (Wildman–Crippen LogP) is 6.57. The first-order valence-electron chi connectivity index (χ1n) is 11.8. The van der Waals surface area contributed by atoms with Gasteiger partial charge in [-0.1, -0.05) is 79.7 Å². The zero-order chi connectivity index (χ0) is 24.6. The van der Waals surface area contributed by atoms with Crippen LogP contribution in [0.4, 0.5) is 0 Å². The number of hydrogen-bond donors (Lipinski definition) is 0. The number of sulfonamides is 1. The molecule has 1 heterocycles. The molecular formula is C26H34ClN3O2S2. The molecule has 0 spiro atoms. The van der Waals surface area contributed by atoms with E-state index in [1.807, 2.05) is 42.7 Å². The summed E-state index contributed by atoms with van der Waals surface area (Å²) in [7, 11) is -3.80. The second kappa shape index (κ2) is 12.9. The summed E-state index contributed by atoms with van der Waals surface area (Å²) < 4.78 is 29.3. The molecule has 2 aromatic rings. The van der Waals surface area contributed by atoms with E-state index in [1.54, 1.807) is 4.31 Å². The van der Waals surface area contributed by atoms with Crippen molar-refractivity contribution in [3.63, 3.8) is 0 Å². The van der Waals surface area contributed by atoms with Gasteiger partial charge in [-0.15, -0.1) is 0 Å². The highest BCUT2D eigenvalue weighted by Crippen LogP contribution is 2.29. The van der Waals surface area contributed by atoms with Gasteiger partial charge in [-0.25, -0.2) is 13.4 Å². The standard InChI is InChI=1S/C26H34ClN3O2S2/c1-4-29(5-2)16-8-9-17-30(20-22-14-15-23-11-6-7-12-24(23)19-22)34(31,32)25-13-10-18-33-21(3)28-26(25)27/h6-7,10-12,14-15,18-19H,4-5,8-9,13,16-17,20H2,1-3H3/b18-10-,26-25+,28-21+. The highest BCUT2D eigenvalue weighted by molar-refractivity contribution is 8.16. The van der Waals surface area contributed by atoms with E-state index in [0.29, 0.717) is 18.1 Å². The lowest BCUT2D eigenvalue weighted by molar-refractivity contribution is 0.289. The van der Waals surface area contributed by atoms with Gasteiger partial charge in [0.2, 0.25) is 10.0 Å². The highest BCUT2D eigenvalue weighted by Gasteiger charge is 2.29. The lowest BCUT2D eigenvalue weighted by atomic mass is 10.1. The fraction of sp³-hybridized carbons (Fsp3) is 0.423. The fourth-order valence-corrected chi connectivity index (χ4v) is 6.61. The summed E-state index contributed by atoms with van der Waals surface area (Å²) in [6.07, 6.45) is 3.79. The molecule has 3 rings (SSSR count). The molecule has 0 unspecified atom stereocenters. The van der Waals surface area contributed by atoms with Crippen LogP contribution in [0.2, 0.25) is 0 Å². The molecule has 0 atom stereocenters. The van der Waals surface area contributed by atoms with Crippen LogP contribution in [0.15, 0.2) is 69.0 Å². The number of hydrogen-bond acceptors (Lipinski definition) is 5. The van der Waals surface area contributed by atoms with Crippen LogP contribution in [0, 0.1) is 0 Å². The van der Waals surface area contributed by atoms with Gasteiger partial charge in [0.1, 0.15) is 10.1 Å². The first kappa shape index (κ1) is 27.0. The van der Waals surface area contributed by atoms with E-state index in [1.165, 1.54) is 11.8 Å². The van der Waals surface area contributed by atoms with Crippen LogP contribution in [-0.4, -0.2) is 48.8 Å². The summed E-state index contributed by atoms with van der Waals surface area (Å²) in [5, 5.41) is 4.88. The maximum absolute atomic E-state index is 13.8. The van der Waals surface area contributed by atoms with Crippen molar-refractivity contribution >= 4 is 49.2 Å². The Morgan fingerprint density at radius 3 is 2.47 bits per heavy atom. The smallest absolute Gasteiger partial charge is 0.242 e. The number of halogens is 1. The molecule has 1 aliphatic rings. The molecule has 1 aliphatic heterocycles. The molecule has 5 nitrogen and oxygen atoms in total. The third-order valence-electron chi connectivity index (χ3n) is 5.97. The second-order valence-electron chi connectivity index (χ2n) is 8.29. The van der Waals surface area contributed by atoms with Crippen molar-refractivity contribution in [2.24, 2.45) is 4.99 Å². The number of nitrogens with zero attached hydrogens (tertiary/aromatic N) is 3. The van der Waals surface area contributed by atoms with E-state index < -0.39 is 10.0 Å². The quantitative estimate of drug-likeness (QED) is 0.249. The second-order valence-corrected chi connectivity index (χ2v) is 11.7. The molecule has 0 radical (unpaired) electrons. The van der Waals surface area contributed by atoms with Crippen molar-refractivity contribution in [3.05, 3.63) is 69.6 Å². The van der Waals surface area contributed by atoms with Crippen LogP contribution < -0.4 is 0 Å². The maximum Gasteiger partial charge on any atom is 0.242 e. The predicted molar refractivity (Wildman–Crippen MR) is 148 cm³/mol. The molecular weight excluding hydrogens is 486 g/mol. The fourth-order valence-electron chi connectivity index (χ4n) is 3.97.